The maximum Gasteiger partial charge on any atom is -0.0347 e. The van der Waals surface area contributed by atoms with E-state index in [2.05, 4.69) is 28.1 Å². The lowest BCUT2D eigenvalue weighted by atomic mass is 10.0. The molecule has 0 aromatic heterocycles. The summed E-state index contributed by atoms with van der Waals surface area (Å²) in [4.78, 5) is 0. The minimum atomic E-state index is 1.27. The lowest BCUT2D eigenvalue weighted by Crippen LogP contribution is -1.83. The van der Waals surface area contributed by atoms with Crippen molar-refractivity contribution in [3.63, 3.8) is 0 Å². The Kier molecular flexibility index (Phi) is 21.3. The summed E-state index contributed by atoms with van der Waals surface area (Å²) in [5.74, 6) is 2.09. The van der Waals surface area contributed by atoms with Gasteiger partial charge in [-0.15, -0.1) is 9.24 Å². The molecule has 1 unspecified atom stereocenters. The van der Waals surface area contributed by atoms with E-state index < -0.39 is 0 Å². The standard InChI is InChI=1S/C21H43P/c1-2-3-4-5-6-7-8-9-10-11-12-13-14-15-16-17-18-19-20-21-22/h20-21H,2-19,22H2,1H3. The molecule has 1 atom stereocenters. The minimum absolute atomic E-state index is 1.27. The lowest BCUT2D eigenvalue weighted by molar-refractivity contribution is 0.527. The van der Waals surface area contributed by atoms with Gasteiger partial charge >= 0.3 is 0 Å². The molecule has 0 nitrogen and oxygen atoms in total. The Morgan fingerprint density at radius 1 is 0.500 bits per heavy atom. The fourth-order valence-electron chi connectivity index (χ4n) is 3.08. The largest absolute Gasteiger partial charge is 0.114 e. The molecule has 0 saturated heterocycles. The summed E-state index contributed by atoms with van der Waals surface area (Å²) >= 11 is 0. The topological polar surface area (TPSA) is 0 Å². The molecule has 0 aromatic carbocycles. The SMILES string of the molecule is CCCCCCCCCCCCCCCCCCCC=CP. The first kappa shape index (κ1) is 22.2. The normalized spacial score (nSPS) is 11.5. The maximum atomic E-state index is 2.65. The first-order valence-corrected chi connectivity index (χ1v) is 10.9. The van der Waals surface area contributed by atoms with Crippen molar-refractivity contribution in [2.75, 3.05) is 0 Å². The number of hydrogen-bond donors (Lipinski definition) is 0. The van der Waals surface area contributed by atoms with Gasteiger partial charge in [-0.3, -0.25) is 0 Å². The molecule has 0 spiro atoms. The molecule has 0 aliphatic carbocycles. The highest BCUT2D eigenvalue weighted by atomic mass is 31.0. The van der Waals surface area contributed by atoms with E-state index in [1.807, 2.05) is 0 Å². The van der Waals surface area contributed by atoms with Crippen LogP contribution in [0, 0.1) is 0 Å². The highest BCUT2D eigenvalue weighted by Gasteiger charge is 1.94. The van der Waals surface area contributed by atoms with Crippen LogP contribution in [0.4, 0.5) is 0 Å². The Morgan fingerprint density at radius 3 is 1.14 bits per heavy atom. The molecule has 0 heterocycles. The molecule has 0 rings (SSSR count). The van der Waals surface area contributed by atoms with Gasteiger partial charge in [-0.25, -0.2) is 0 Å². The van der Waals surface area contributed by atoms with Gasteiger partial charge in [0.05, 0.1) is 0 Å². The third kappa shape index (κ3) is 20.2. The van der Waals surface area contributed by atoms with E-state index in [0.29, 0.717) is 0 Å². The van der Waals surface area contributed by atoms with E-state index in [1.54, 1.807) is 0 Å². The van der Waals surface area contributed by atoms with E-state index in [0.717, 1.165) is 0 Å². The summed E-state index contributed by atoms with van der Waals surface area (Å²) in [7, 11) is 2.65. The molecule has 0 radical (unpaired) electrons. The Hall–Kier alpha value is 0.170. The first-order chi connectivity index (χ1) is 10.9. The van der Waals surface area contributed by atoms with Gasteiger partial charge < -0.3 is 0 Å². The molecule has 0 N–H and O–H groups in total. The third-order valence-electron chi connectivity index (χ3n) is 4.61. The van der Waals surface area contributed by atoms with Crippen molar-refractivity contribution in [3.8, 4) is 0 Å². The molecule has 0 saturated carbocycles. The second kappa shape index (κ2) is 21.2. The summed E-state index contributed by atoms with van der Waals surface area (Å²) in [6.07, 6.45) is 28.3. The number of rotatable bonds is 18. The predicted molar refractivity (Wildman–Crippen MR) is 108 cm³/mol. The molecule has 22 heavy (non-hydrogen) atoms. The van der Waals surface area contributed by atoms with Crippen LogP contribution in [0.15, 0.2) is 11.9 Å². The van der Waals surface area contributed by atoms with Crippen LogP contribution in [0.1, 0.15) is 122 Å². The summed E-state index contributed by atoms with van der Waals surface area (Å²) in [6.45, 7) is 2.30. The van der Waals surface area contributed by atoms with Gasteiger partial charge in [0.25, 0.3) is 0 Å². The van der Waals surface area contributed by atoms with Crippen LogP contribution in [0.25, 0.3) is 0 Å². The van der Waals surface area contributed by atoms with Crippen LogP contribution in [-0.4, -0.2) is 0 Å². The van der Waals surface area contributed by atoms with Crippen molar-refractivity contribution in [3.05, 3.63) is 11.9 Å². The summed E-state index contributed by atoms with van der Waals surface area (Å²) in [5.41, 5.74) is 0. The second-order valence-electron chi connectivity index (χ2n) is 6.87. The Bertz CT molecular complexity index is 210. The molecule has 0 amide bonds. The lowest BCUT2D eigenvalue weighted by Gasteiger charge is -2.03. The van der Waals surface area contributed by atoms with Crippen LogP contribution < -0.4 is 0 Å². The number of hydrogen-bond acceptors (Lipinski definition) is 0. The molecule has 0 aromatic rings. The molecular weight excluding hydrogens is 283 g/mol. The highest BCUT2D eigenvalue weighted by molar-refractivity contribution is 7.20. The Balaban J connectivity index is 2.94. The van der Waals surface area contributed by atoms with Gasteiger partial charge in [-0.2, -0.15) is 0 Å². The van der Waals surface area contributed by atoms with Crippen LogP contribution >= 0.6 is 9.24 Å². The van der Waals surface area contributed by atoms with E-state index in [1.165, 1.54) is 116 Å². The fourth-order valence-corrected chi connectivity index (χ4v) is 3.28. The molecule has 1 heteroatoms. The quantitative estimate of drug-likeness (QED) is 0.175. The first-order valence-electron chi connectivity index (χ1n) is 10.3. The highest BCUT2D eigenvalue weighted by Crippen LogP contribution is 2.14. The molecule has 0 fully saturated rings. The van der Waals surface area contributed by atoms with Gasteiger partial charge in [-0.05, 0) is 12.8 Å². The average Bonchev–Trinajstić information content (AvgIpc) is 2.54. The van der Waals surface area contributed by atoms with Gasteiger partial charge in [0.2, 0.25) is 0 Å². The van der Waals surface area contributed by atoms with E-state index >= 15 is 0 Å². The monoisotopic (exact) mass is 326 g/mol. The van der Waals surface area contributed by atoms with Crippen LogP contribution in [0.3, 0.4) is 0 Å². The average molecular weight is 327 g/mol. The smallest absolute Gasteiger partial charge is 0.0347 e. The predicted octanol–water partition coefficient (Wildman–Crippen LogP) is 8.42. The molecule has 0 bridgehead atoms. The second-order valence-corrected chi connectivity index (χ2v) is 7.26. The summed E-state index contributed by atoms with van der Waals surface area (Å²) in [5, 5.41) is 0. The van der Waals surface area contributed by atoms with Crippen LogP contribution in [-0.2, 0) is 0 Å². The molecular formula is C21H43P. The number of allylic oxidation sites excluding steroid dienone is 1. The molecule has 0 aliphatic heterocycles. The van der Waals surface area contributed by atoms with Crippen molar-refractivity contribution in [2.45, 2.75) is 122 Å². The molecule has 132 valence electrons. The summed E-state index contributed by atoms with van der Waals surface area (Å²) in [6, 6.07) is 0. The van der Waals surface area contributed by atoms with Crippen LogP contribution in [0.2, 0.25) is 0 Å². The van der Waals surface area contributed by atoms with Crippen molar-refractivity contribution in [1.82, 2.24) is 0 Å². The van der Waals surface area contributed by atoms with E-state index in [-0.39, 0.29) is 0 Å². The molecule has 0 aliphatic rings. The zero-order valence-electron chi connectivity index (χ0n) is 15.5. The maximum absolute atomic E-state index is 2.65. The van der Waals surface area contributed by atoms with Gasteiger partial charge in [0.1, 0.15) is 0 Å². The van der Waals surface area contributed by atoms with E-state index in [4.69, 9.17) is 0 Å². The Morgan fingerprint density at radius 2 is 0.818 bits per heavy atom. The van der Waals surface area contributed by atoms with Crippen molar-refractivity contribution in [1.29, 1.82) is 0 Å². The fraction of sp³-hybridized carbons (Fsp3) is 0.905. The third-order valence-corrected chi connectivity index (χ3v) is 4.88. The number of unbranched alkanes of at least 4 members (excludes halogenated alkanes) is 17. The zero-order valence-corrected chi connectivity index (χ0v) is 16.6. The minimum Gasteiger partial charge on any atom is -0.114 e. The van der Waals surface area contributed by atoms with Crippen molar-refractivity contribution in [2.24, 2.45) is 0 Å². The van der Waals surface area contributed by atoms with Crippen molar-refractivity contribution >= 4 is 9.24 Å². The zero-order chi connectivity index (χ0) is 16.1. The van der Waals surface area contributed by atoms with Gasteiger partial charge in [0, 0.05) is 0 Å². The van der Waals surface area contributed by atoms with E-state index in [9.17, 15) is 0 Å². The van der Waals surface area contributed by atoms with Crippen LogP contribution in [0.5, 0.6) is 0 Å². The Labute approximate surface area is 144 Å². The van der Waals surface area contributed by atoms with Crippen molar-refractivity contribution < 1.29 is 0 Å². The van der Waals surface area contributed by atoms with Gasteiger partial charge in [0.15, 0.2) is 0 Å². The summed E-state index contributed by atoms with van der Waals surface area (Å²) < 4.78 is 0. The van der Waals surface area contributed by atoms with Gasteiger partial charge in [-0.1, -0.05) is 122 Å².